The number of nitrogens with one attached hydrogen (secondary N) is 1. The molecule has 11 heteroatoms. The lowest BCUT2D eigenvalue weighted by molar-refractivity contribution is -0.122. The van der Waals surface area contributed by atoms with Crippen LogP contribution in [0.3, 0.4) is 0 Å². The van der Waals surface area contributed by atoms with Crippen molar-refractivity contribution in [3.05, 3.63) is 84.1 Å². The number of amides is 1. The van der Waals surface area contributed by atoms with E-state index < -0.39 is 0 Å². The summed E-state index contributed by atoms with van der Waals surface area (Å²) in [5, 5.41) is 3.11. The van der Waals surface area contributed by atoms with E-state index in [1.54, 1.807) is 19.6 Å². The second-order valence-electron chi connectivity index (χ2n) is 11.2. The Hall–Kier alpha value is -4.64. The molecule has 2 aliphatic heterocycles. The van der Waals surface area contributed by atoms with E-state index in [0.29, 0.717) is 32.0 Å². The fourth-order valence-corrected chi connectivity index (χ4v) is 5.40. The Labute approximate surface area is 251 Å². The lowest BCUT2D eigenvalue weighted by atomic mass is 10.0. The molecule has 1 amide bonds. The molecule has 4 aromatic rings. The van der Waals surface area contributed by atoms with Crippen molar-refractivity contribution in [3.8, 4) is 23.2 Å². The van der Waals surface area contributed by atoms with Crippen LogP contribution in [0.1, 0.15) is 43.0 Å². The van der Waals surface area contributed by atoms with Crippen molar-refractivity contribution in [1.82, 2.24) is 29.7 Å². The average molecular weight is 584 g/mol. The van der Waals surface area contributed by atoms with Crippen molar-refractivity contribution in [2.24, 2.45) is 0 Å². The van der Waals surface area contributed by atoms with Gasteiger partial charge in [0.2, 0.25) is 18.6 Å². The molecule has 0 radical (unpaired) electrons. The quantitative estimate of drug-likeness (QED) is 0.297. The number of methoxy groups -OCH3 is 1. The first-order chi connectivity index (χ1) is 20.9. The summed E-state index contributed by atoms with van der Waals surface area (Å²) in [6, 6.07) is 15.8. The zero-order chi connectivity index (χ0) is 29.8. The van der Waals surface area contributed by atoms with E-state index >= 15 is 0 Å². The Kier molecular flexibility index (Phi) is 8.41. The summed E-state index contributed by atoms with van der Waals surface area (Å²) in [5.41, 5.74) is 3.10. The monoisotopic (exact) mass is 583 g/mol. The van der Waals surface area contributed by atoms with Gasteiger partial charge in [0.15, 0.2) is 11.5 Å². The SMILES string of the molecule is COc1ccc(CNC(=O)CC2CN(c3cc(C(C)C)nc(-n4ccnc4)n3)CCN2Cc2ccc3c(c2)OCO3)cc1. The Balaban J connectivity index is 1.21. The third-order valence-electron chi connectivity index (χ3n) is 7.87. The summed E-state index contributed by atoms with van der Waals surface area (Å²) in [5.74, 6) is 4.00. The number of imidazole rings is 1. The van der Waals surface area contributed by atoms with Crippen molar-refractivity contribution in [2.45, 2.75) is 45.3 Å². The molecule has 1 unspecified atom stereocenters. The molecule has 1 N–H and O–H groups in total. The zero-order valence-electron chi connectivity index (χ0n) is 24.8. The molecule has 0 spiro atoms. The van der Waals surface area contributed by atoms with Crippen LogP contribution < -0.4 is 24.4 Å². The van der Waals surface area contributed by atoms with E-state index in [1.165, 1.54) is 0 Å². The number of hydrogen-bond acceptors (Lipinski definition) is 9. The van der Waals surface area contributed by atoms with Gasteiger partial charge in [0.1, 0.15) is 17.9 Å². The molecule has 224 valence electrons. The summed E-state index contributed by atoms with van der Waals surface area (Å²) in [7, 11) is 1.64. The van der Waals surface area contributed by atoms with E-state index in [1.807, 2.05) is 47.2 Å². The Morgan fingerprint density at radius 1 is 1.05 bits per heavy atom. The van der Waals surface area contributed by atoms with Crippen LogP contribution in [0.15, 0.2) is 67.3 Å². The second-order valence-corrected chi connectivity index (χ2v) is 11.2. The number of aromatic nitrogens is 4. The largest absolute Gasteiger partial charge is 0.497 e. The van der Waals surface area contributed by atoms with Crippen LogP contribution in [0.5, 0.6) is 17.2 Å². The molecule has 0 aliphatic carbocycles. The third kappa shape index (κ3) is 6.72. The summed E-state index contributed by atoms with van der Waals surface area (Å²) in [6.45, 7) is 7.84. The number of nitrogens with zero attached hydrogens (tertiary/aromatic N) is 6. The maximum atomic E-state index is 13.3. The van der Waals surface area contributed by atoms with Gasteiger partial charge in [-0.3, -0.25) is 14.3 Å². The molecule has 1 fully saturated rings. The zero-order valence-corrected chi connectivity index (χ0v) is 24.8. The summed E-state index contributed by atoms with van der Waals surface area (Å²) >= 11 is 0. The average Bonchev–Trinajstić information content (AvgIpc) is 3.74. The minimum Gasteiger partial charge on any atom is -0.497 e. The Morgan fingerprint density at radius 2 is 1.86 bits per heavy atom. The van der Waals surface area contributed by atoms with Gasteiger partial charge >= 0.3 is 0 Å². The van der Waals surface area contributed by atoms with Gasteiger partial charge in [-0.1, -0.05) is 32.0 Å². The lowest BCUT2D eigenvalue weighted by Crippen LogP contribution is -2.54. The van der Waals surface area contributed by atoms with Crippen LogP contribution in [-0.4, -0.2) is 69.9 Å². The van der Waals surface area contributed by atoms with E-state index in [9.17, 15) is 4.79 Å². The maximum absolute atomic E-state index is 13.3. The van der Waals surface area contributed by atoms with Gasteiger partial charge in [-0.2, -0.15) is 4.98 Å². The minimum atomic E-state index is -0.0378. The van der Waals surface area contributed by atoms with Crippen molar-refractivity contribution in [2.75, 3.05) is 38.4 Å². The minimum absolute atomic E-state index is 0.00279. The number of piperazine rings is 1. The molecular formula is C32H37N7O4. The molecule has 1 atom stereocenters. The number of carbonyl (C=O) groups excluding carboxylic acids is 1. The normalized spacial score (nSPS) is 16.5. The van der Waals surface area contributed by atoms with Crippen molar-refractivity contribution in [1.29, 1.82) is 0 Å². The third-order valence-corrected chi connectivity index (χ3v) is 7.87. The van der Waals surface area contributed by atoms with Gasteiger partial charge in [-0.15, -0.1) is 0 Å². The predicted molar refractivity (Wildman–Crippen MR) is 162 cm³/mol. The molecule has 2 aromatic heterocycles. The number of carbonyl (C=O) groups is 1. The van der Waals surface area contributed by atoms with Gasteiger partial charge in [0, 0.05) is 63.6 Å². The topological polar surface area (TPSA) is 107 Å². The smallest absolute Gasteiger partial charge is 0.237 e. The van der Waals surface area contributed by atoms with E-state index in [-0.39, 0.29) is 24.7 Å². The standard InChI is InChI=1S/C32H37N7O4/c1-22(2)27-16-30(36-32(35-27)39-11-10-33-20-39)38-13-12-37(18-24-6-9-28-29(14-24)43-21-42-28)25(19-38)15-31(40)34-17-23-4-7-26(41-3)8-5-23/h4-11,14,16,20,22,25H,12-13,15,17-19,21H2,1-3H3,(H,34,40). The first-order valence-corrected chi connectivity index (χ1v) is 14.6. The van der Waals surface area contributed by atoms with Gasteiger partial charge in [-0.05, 0) is 41.3 Å². The molecule has 43 heavy (non-hydrogen) atoms. The highest BCUT2D eigenvalue weighted by atomic mass is 16.7. The fourth-order valence-electron chi connectivity index (χ4n) is 5.40. The molecule has 2 aromatic carbocycles. The van der Waals surface area contributed by atoms with Gasteiger partial charge in [0.05, 0.1) is 12.8 Å². The van der Waals surface area contributed by atoms with E-state index in [4.69, 9.17) is 24.2 Å². The number of benzene rings is 2. The summed E-state index contributed by atoms with van der Waals surface area (Å²) in [4.78, 5) is 31.8. The Morgan fingerprint density at radius 3 is 2.63 bits per heavy atom. The van der Waals surface area contributed by atoms with Crippen LogP contribution >= 0.6 is 0 Å². The molecular weight excluding hydrogens is 546 g/mol. The predicted octanol–water partition coefficient (Wildman–Crippen LogP) is 3.92. The maximum Gasteiger partial charge on any atom is 0.237 e. The number of ether oxygens (including phenoxy) is 3. The highest BCUT2D eigenvalue weighted by Crippen LogP contribution is 2.33. The van der Waals surface area contributed by atoms with Crippen LogP contribution in [0.25, 0.3) is 5.95 Å². The second kappa shape index (κ2) is 12.7. The molecule has 0 bridgehead atoms. The molecule has 2 aliphatic rings. The molecule has 4 heterocycles. The van der Waals surface area contributed by atoms with Crippen molar-refractivity contribution >= 4 is 11.7 Å². The first-order valence-electron chi connectivity index (χ1n) is 14.6. The number of hydrogen-bond donors (Lipinski definition) is 1. The van der Waals surface area contributed by atoms with Crippen molar-refractivity contribution in [3.63, 3.8) is 0 Å². The van der Waals surface area contributed by atoms with Gasteiger partial charge in [-0.25, -0.2) is 9.97 Å². The lowest BCUT2D eigenvalue weighted by Gasteiger charge is -2.42. The molecule has 0 saturated carbocycles. The van der Waals surface area contributed by atoms with Crippen LogP contribution in [0.4, 0.5) is 5.82 Å². The number of fused-ring (bicyclic) bond motifs is 1. The highest BCUT2D eigenvalue weighted by molar-refractivity contribution is 5.76. The summed E-state index contributed by atoms with van der Waals surface area (Å²) in [6.07, 6.45) is 5.64. The van der Waals surface area contributed by atoms with E-state index in [2.05, 4.69) is 46.1 Å². The van der Waals surface area contributed by atoms with Crippen LogP contribution in [0, 0.1) is 0 Å². The fraction of sp³-hybridized carbons (Fsp3) is 0.375. The molecule has 1 saturated heterocycles. The number of anilines is 1. The first kappa shape index (κ1) is 28.5. The van der Waals surface area contributed by atoms with Crippen LogP contribution in [0.2, 0.25) is 0 Å². The van der Waals surface area contributed by atoms with Gasteiger partial charge in [0.25, 0.3) is 0 Å². The molecule has 6 rings (SSSR count). The molecule has 11 nitrogen and oxygen atoms in total. The number of rotatable bonds is 10. The van der Waals surface area contributed by atoms with E-state index in [0.717, 1.165) is 53.0 Å². The highest BCUT2D eigenvalue weighted by Gasteiger charge is 2.31. The van der Waals surface area contributed by atoms with Crippen LogP contribution in [-0.2, 0) is 17.9 Å². The van der Waals surface area contributed by atoms with Gasteiger partial charge < -0.3 is 24.4 Å². The Bertz CT molecular complexity index is 1540. The summed E-state index contributed by atoms with van der Waals surface area (Å²) < 4.78 is 18.2. The van der Waals surface area contributed by atoms with Crippen molar-refractivity contribution < 1.29 is 19.0 Å².